The highest BCUT2D eigenvalue weighted by molar-refractivity contribution is 5.66. The first-order valence-electron chi connectivity index (χ1n) is 6.40. The van der Waals surface area contributed by atoms with Crippen LogP contribution < -0.4 is 0 Å². The van der Waals surface area contributed by atoms with Crippen LogP contribution in [0.4, 0.5) is 0 Å². The summed E-state index contributed by atoms with van der Waals surface area (Å²) in [5, 5.41) is 0. The number of hydrogen-bond donors (Lipinski definition) is 0. The summed E-state index contributed by atoms with van der Waals surface area (Å²) in [6.45, 7) is 1.55. The molecule has 0 unspecified atom stereocenters. The molecular formula is C13H22O2. The van der Waals surface area contributed by atoms with Gasteiger partial charge in [0, 0.05) is 12.3 Å². The minimum atomic E-state index is -0.0909. The normalized spacial score (nSPS) is 30.1. The summed E-state index contributed by atoms with van der Waals surface area (Å²) in [7, 11) is 0. The van der Waals surface area contributed by atoms with Crippen molar-refractivity contribution in [1.29, 1.82) is 0 Å². The number of hydrogen-bond acceptors (Lipinski definition) is 2. The first-order chi connectivity index (χ1) is 7.23. The molecule has 2 rings (SSSR count). The lowest BCUT2D eigenvalue weighted by atomic mass is 9.63. The minimum absolute atomic E-state index is 0.0909. The van der Waals surface area contributed by atoms with Gasteiger partial charge in [0.2, 0.25) is 0 Å². The fourth-order valence-corrected chi connectivity index (χ4v) is 3.49. The van der Waals surface area contributed by atoms with Crippen molar-refractivity contribution >= 4 is 5.97 Å². The monoisotopic (exact) mass is 210 g/mol. The van der Waals surface area contributed by atoms with Gasteiger partial charge in [0.05, 0.1) is 0 Å². The van der Waals surface area contributed by atoms with Crippen molar-refractivity contribution < 1.29 is 9.53 Å². The van der Waals surface area contributed by atoms with Gasteiger partial charge in [-0.25, -0.2) is 0 Å². The van der Waals surface area contributed by atoms with Crippen LogP contribution in [0.25, 0.3) is 0 Å². The maximum atomic E-state index is 11.1. The van der Waals surface area contributed by atoms with E-state index < -0.39 is 0 Å². The first kappa shape index (κ1) is 11.0. The van der Waals surface area contributed by atoms with Gasteiger partial charge < -0.3 is 4.74 Å². The fraction of sp³-hybridized carbons (Fsp3) is 0.923. The van der Waals surface area contributed by atoms with Crippen LogP contribution >= 0.6 is 0 Å². The van der Waals surface area contributed by atoms with E-state index in [0.29, 0.717) is 5.41 Å². The van der Waals surface area contributed by atoms with Crippen molar-refractivity contribution in [3.8, 4) is 0 Å². The largest absolute Gasteiger partial charge is 0.462 e. The molecule has 0 aliphatic heterocycles. The van der Waals surface area contributed by atoms with E-state index in [2.05, 4.69) is 0 Å². The zero-order valence-corrected chi connectivity index (χ0v) is 9.76. The van der Waals surface area contributed by atoms with Crippen LogP contribution in [0.15, 0.2) is 0 Å². The van der Waals surface area contributed by atoms with Gasteiger partial charge >= 0.3 is 5.97 Å². The lowest BCUT2D eigenvalue weighted by Crippen LogP contribution is -2.42. The minimum Gasteiger partial charge on any atom is -0.462 e. The summed E-state index contributed by atoms with van der Waals surface area (Å²) >= 11 is 0. The molecule has 86 valence electrons. The van der Waals surface area contributed by atoms with Crippen LogP contribution in [0, 0.1) is 5.41 Å². The summed E-state index contributed by atoms with van der Waals surface area (Å²) in [6, 6.07) is 0. The molecule has 0 bridgehead atoms. The van der Waals surface area contributed by atoms with Gasteiger partial charge in [0.25, 0.3) is 0 Å². The van der Waals surface area contributed by atoms with E-state index in [4.69, 9.17) is 4.74 Å². The molecule has 0 N–H and O–H groups in total. The SMILES string of the molecule is CC(=O)O[C@H]1CCCCC12CCCCC2. The Kier molecular flexibility index (Phi) is 3.32. The summed E-state index contributed by atoms with van der Waals surface area (Å²) in [4.78, 5) is 11.1. The van der Waals surface area contributed by atoms with Crippen molar-refractivity contribution in [3.63, 3.8) is 0 Å². The maximum absolute atomic E-state index is 11.1. The van der Waals surface area contributed by atoms with E-state index in [1.165, 1.54) is 51.4 Å². The lowest BCUT2D eigenvalue weighted by Gasteiger charge is -2.45. The van der Waals surface area contributed by atoms with Gasteiger partial charge in [-0.3, -0.25) is 4.79 Å². The summed E-state index contributed by atoms with van der Waals surface area (Å²) in [5.74, 6) is -0.0909. The van der Waals surface area contributed by atoms with Gasteiger partial charge in [0.15, 0.2) is 0 Å². The number of ether oxygens (including phenoxy) is 1. The molecule has 0 heterocycles. The molecule has 15 heavy (non-hydrogen) atoms. The second kappa shape index (κ2) is 4.54. The average molecular weight is 210 g/mol. The van der Waals surface area contributed by atoms with Crippen LogP contribution in [0.5, 0.6) is 0 Å². The molecule has 0 amide bonds. The molecule has 1 spiro atoms. The molecule has 2 saturated carbocycles. The molecule has 0 aromatic heterocycles. The van der Waals surface area contributed by atoms with Crippen molar-refractivity contribution in [1.82, 2.24) is 0 Å². The molecule has 2 nitrogen and oxygen atoms in total. The Morgan fingerprint density at radius 2 is 1.67 bits per heavy atom. The Morgan fingerprint density at radius 3 is 2.27 bits per heavy atom. The van der Waals surface area contributed by atoms with Crippen LogP contribution in [0.2, 0.25) is 0 Å². The lowest BCUT2D eigenvalue weighted by molar-refractivity contribution is -0.159. The molecule has 2 heteroatoms. The van der Waals surface area contributed by atoms with Gasteiger partial charge in [-0.05, 0) is 32.1 Å². The number of carbonyl (C=O) groups is 1. The fourth-order valence-electron chi connectivity index (χ4n) is 3.49. The molecule has 0 aromatic rings. The van der Waals surface area contributed by atoms with Crippen LogP contribution in [0.1, 0.15) is 64.7 Å². The molecule has 2 aliphatic rings. The van der Waals surface area contributed by atoms with Crippen LogP contribution in [-0.4, -0.2) is 12.1 Å². The molecular weight excluding hydrogens is 188 g/mol. The highest BCUT2D eigenvalue weighted by Crippen LogP contribution is 2.48. The zero-order chi connectivity index (χ0) is 10.7. The first-order valence-corrected chi connectivity index (χ1v) is 6.40. The topological polar surface area (TPSA) is 26.3 Å². The van der Waals surface area contributed by atoms with Gasteiger partial charge in [-0.1, -0.05) is 25.7 Å². The second-order valence-electron chi connectivity index (χ2n) is 5.27. The predicted molar refractivity (Wildman–Crippen MR) is 59.5 cm³/mol. The summed E-state index contributed by atoms with van der Waals surface area (Å²) in [6.07, 6.45) is 11.8. The smallest absolute Gasteiger partial charge is 0.302 e. The van der Waals surface area contributed by atoms with E-state index in [9.17, 15) is 4.79 Å². The quantitative estimate of drug-likeness (QED) is 0.620. The molecule has 0 saturated heterocycles. The Bertz CT molecular complexity index is 220. The molecule has 1 atom stereocenters. The maximum Gasteiger partial charge on any atom is 0.302 e. The van der Waals surface area contributed by atoms with E-state index >= 15 is 0 Å². The van der Waals surface area contributed by atoms with E-state index in [0.717, 1.165) is 6.42 Å². The van der Waals surface area contributed by atoms with E-state index in [1.54, 1.807) is 6.92 Å². The standard InChI is InChI=1S/C13H22O2/c1-11(14)15-12-7-3-6-10-13(12)8-4-2-5-9-13/h12H,2-10H2,1H3/t12-/m0/s1. The number of carbonyl (C=O) groups excluding carboxylic acids is 1. The Labute approximate surface area is 92.4 Å². The van der Waals surface area contributed by atoms with Gasteiger partial charge in [-0.2, -0.15) is 0 Å². The second-order valence-corrected chi connectivity index (χ2v) is 5.27. The predicted octanol–water partition coefficient (Wildman–Crippen LogP) is 3.44. The average Bonchev–Trinajstić information content (AvgIpc) is 2.23. The van der Waals surface area contributed by atoms with Crippen LogP contribution in [0.3, 0.4) is 0 Å². The van der Waals surface area contributed by atoms with Crippen molar-refractivity contribution in [2.45, 2.75) is 70.8 Å². The third kappa shape index (κ3) is 2.35. The Balaban J connectivity index is 2.06. The highest BCUT2D eigenvalue weighted by atomic mass is 16.5. The molecule has 0 aromatic carbocycles. The molecule has 2 fully saturated rings. The van der Waals surface area contributed by atoms with Crippen molar-refractivity contribution in [2.24, 2.45) is 5.41 Å². The third-order valence-corrected chi connectivity index (χ3v) is 4.23. The Hall–Kier alpha value is -0.530. The summed E-state index contributed by atoms with van der Waals surface area (Å²) < 4.78 is 5.55. The van der Waals surface area contributed by atoms with Crippen LogP contribution in [-0.2, 0) is 9.53 Å². The molecule has 0 radical (unpaired) electrons. The highest BCUT2D eigenvalue weighted by Gasteiger charge is 2.43. The Morgan fingerprint density at radius 1 is 1.07 bits per heavy atom. The third-order valence-electron chi connectivity index (χ3n) is 4.23. The van der Waals surface area contributed by atoms with Crippen molar-refractivity contribution in [3.05, 3.63) is 0 Å². The number of rotatable bonds is 1. The zero-order valence-electron chi connectivity index (χ0n) is 9.76. The molecule has 2 aliphatic carbocycles. The van der Waals surface area contributed by atoms with Crippen molar-refractivity contribution in [2.75, 3.05) is 0 Å². The van der Waals surface area contributed by atoms with E-state index in [1.807, 2.05) is 0 Å². The van der Waals surface area contributed by atoms with E-state index in [-0.39, 0.29) is 12.1 Å². The van der Waals surface area contributed by atoms with Gasteiger partial charge in [-0.15, -0.1) is 0 Å². The summed E-state index contributed by atoms with van der Waals surface area (Å²) in [5.41, 5.74) is 0.363. The van der Waals surface area contributed by atoms with Gasteiger partial charge in [0.1, 0.15) is 6.10 Å². The number of esters is 1.